The molecule has 0 atom stereocenters. The van der Waals surface area contributed by atoms with E-state index in [1.165, 1.54) is 0 Å². The summed E-state index contributed by atoms with van der Waals surface area (Å²) in [4.78, 5) is 16.8. The molecule has 0 N–H and O–H groups in total. The zero-order valence-corrected chi connectivity index (χ0v) is 12.5. The fourth-order valence-electron chi connectivity index (χ4n) is 2.16. The maximum atomic E-state index is 12.4. The molecule has 0 spiro atoms. The SMILES string of the molecule is O=C(Cc1cc(Cl)ccc1Cl)c1ccc2ccccc2n1. The summed E-state index contributed by atoms with van der Waals surface area (Å²) in [6, 6.07) is 16.4. The number of carbonyl (C=O) groups excluding carboxylic acids is 1. The molecule has 0 aliphatic rings. The number of ketones is 1. The molecule has 0 aliphatic carbocycles. The van der Waals surface area contributed by atoms with Gasteiger partial charge in [-0.3, -0.25) is 4.79 Å². The van der Waals surface area contributed by atoms with Crippen LogP contribution in [0, 0.1) is 0 Å². The Balaban J connectivity index is 1.91. The largest absolute Gasteiger partial charge is 0.292 e. The fourth-order valence-corrected chi connectivity index (χ4v) is 2.54. The Kier molecular flexibility index (Phi) is 3.91. The molecule has 0 amide bonds. The maximum Gasteiger partial charge on any atom is 0.185 e. The van der Waals surface area contributed by atoms with E-state index in [-0.39, 0.29) is 12.2 Å². The van der Waals surface area contributed by atoms with Crippen LogP contribution in [0.25, 0.3) is 10.9 Å². The Labute approximate surface area is 132 Å². The standard InChI is InChI=1S/C17H11Cl2NO/c18-13-6-7-14(19)12(9-13)10-17(21)16-8-5-11-3-1-2-4-15(11)20-16/h1-9H,10H2. The second kappa shape index (κ2) is 5.84. The van der Waals surface area contributed by atoms with Crippen molar-refractivity contribution in [3.63, 3.8) is 0 Å². The molecule has 2 aromatic carbocycles. The van der Waals surface area contributed by atoms with Crippen LogP contribution < -0.4 is 0 Å². The molecule has 2 nitrogen and oxygen atoms in total. The molecule has 4 heteroatoms. The van der Waals surface area contributed by atoms with Gasteiger partial charge in [0, 0.05) is 21.9 Å². The third kappa shape index (κ3) is 3.07. The van der Waals surface area contributed by atoms with E-state index < -0.39 is 0 Å². The average Bonchev–Trinajstić information content (AvgIpc) is 2.50. The number of Topliss-reactive ketones (excluding diaryl/α,β-unsaturated/α-hetero) is 1. The first-order valence-electron chi connectivity index (χ1n) is 6.46. The summed E-state index contributed by atoms with van der Waals surface area (Å²) in [5.74, 6) is -0.0788. The Hall–Kier alpha value is -1.90. The zero-order chi connectivity index (χ0) is 14.8. The summed E-state index contributed by atoms with van der Waals surface area (Å²) in [6.07, 6.45) is 0.185. The molecule has 0 saturated carbocycles. The van der Waals surface area contributed by atoms with Crippen LogP contribution in [0.5, 0.6) is 0 Å². The number of hydrogen-bond acceptors (Lipinski definition) is 2. The summed E-state index contributed by atoms with van der Waals surface area (Å²) >= 11 is 12.0. The number of hydrogen-bond donors (Lipinski definition) is 0. The second-order valence-electron chi connectivity index (χ2n) is 4.72. The summed E-state index contributed by atoms with van der Waals surface area (Å²) in [6.45, 7) is 0. The van der Waals surface area contributed by atoms with Crippen LogP contribution in [0.15, 0.2) is 54.6 Å². The number of halogens is 2. The molecular formula is C17H11Cl2NO. The number of para-hydroxylation sites is 1. The van der Waals surface area contributed by atoms with E-state index in [1.54, 1.807) is 24.3 Å². The summed E-state index contributed by atoms with van der Waals surface area (Å²) in [7, 11) is 0. The van der Waals surface area contributed by atoms with Crippen LogP contribution in [0.2, 0.25) is 10.0 Å². The topological polar surface area (TPSA) is 30.0 Å². The third-order valence-corrected chi connectivity index (χ3v) is 3.85. The Morgan fingerprint density at radius 1 is 1.00 bits per heavy atom. The van der Waals surface area contributed by atoms with Crippen molar-refractivity contribution < 1.29 is 4.79 Å². The van der Waals surface area contributed by atoms with E-state index in [1.807, 2.05) is 30.3 Å². The molecule has 104 valence electrons. The van der Waals surface area contributed by atoms with Crippen molar-refractivity contribution in [1.82, 2.24) is 4.98 Å². The van der Waals surface area contributed by atoms with Gasteiger partial charge in [0.25, 0.3) is 0 Å². The van der Waals surface area contributed by atoms with Crippen molar-refractivity contribution >= 4 is 39.9 Å². The minimum atomic E-state index is -0.0788. The summed E-state index contributed by atoms with van der Waals surface area (Å²) in [5, 5.41) is 2.11. The minimum absolute atomic E-state index is 0.0788. The van der Waals surface area contributed by atoms with Gasteiger partial charge in [0.15, 0.2) is 5.78 Å². The lowest BCUT2D eigenvalue weighted by Crippen LogP contribution is -2.06. The van der Waals surface area contributed by atoms with Crippen molar-refractivity contribution in [1.29, 1.82) is 0 Å². The Morgan fingerprint density at radius 2 is 1.81 bits per heavy atom. The first-order chi connectivity index (χ1) is 10.1. The van der Waals surface area contributed by atoms with Crippen molar-refractivity contribution in [3.05, 3.63) is 75.9 Å². The van der Waals surface area contributed by atoms with Gasteiger partial charge in [0.1, 0.15) is 5.69 Å². The Bertz CT molecular complexity index is 830. The summed E-state index contributed by atoms with van der Waals surface area (Å²) in [5.41, 5.74) is 1.95. The van der Waals surface area contributed by atoms with E-state index >= 15 is 0 Å². The maximum absolute atomic E-state index is 12.4. The van der Waals surface area contributed by atoms with Gasteiger partial charge >= 0.3 is 0 Å². The number of nitrogens with zero attached hydrogens (tertiary/aromatic N) is 1. The number of fused-ring (bicyclic) bond motifs is 1. The van der Waals surface area contributed by atoms with Gasteiger partial charge in [-0.1, -0.05) is 47.5 Å². The van der Waals surface area contributed by atoms with E-state index in [9.17, 15) is 4.79 Å². The number of carbonyl (C=O) groups is 1. The number of benzene rings is 2. The lowest BCUT2D eigenvalue weighted by atomic mass is 10.1. The van der Waals surface area contributed by atoms with Crippen LogP contribution in [0.1, 0.15) is 16.1 Å². The number of aromatic nitrogens is 1. The molecule has 0 radical (unpaired) electrons. The Morgan fingerprint density at radius 3 is 2.67 bits per heavy atom. The first-order valence-corrected chi connectivity index (χ1v) is 7.22. The lowest BCUT2D eigenvalue weighted by Gasteiger charge is -2.05. The van der Waals surface area contributed by atoms with Crippen LogP contribution >= 0.6 is 23.2 Å². The average molecular weight is 316 g/mol. The number of rotatable bonds is 3. The highest BCUT2D eigenvalue weighted by Gasteiger charge is 2.12. The highest BCUT2D eigenvalue weighted by molar-refractivity contribution is 6.33. The normalized spacial score (nSPS) is 10.8. The van der Waals surface area contributed by atoms with Crippen molar-refractivity contribution in [2.24, 2.45) is 0 Å². The van der Waals surface area contributed by atoms with E-state index in [4.69, 9.17) is 23.2 Å². The van der Waals surface area contributed by atoms with Crippen LogP contribution in [0.4, 0.5) is 0 Å². The highest BCUT2D eigenvalue weighted by atomic mass is 35.5. The van der Waals surface area contributed by atoms with Gasteiger partial charge in [-0.2, -0.15) is 0 Å². The molecule has 0 saturated heterocycles. The van der Waals surface area contributed by atoms with E-state index in [2.05, 4.69) is 4.98 Å². The van der Waals surface area contributed by atoms with Crippen LogP contribution in [0.3, 0.4) is 0 Å². The fraction of sp³-hybridized carbons (Fsp3) is 0.0588. The molecular weight excluding hydrogens is 305 g/mol. The molecule has 0 bridgehead atoms. The third-order valence-electron chi connectivity index (χ3n) is 3.24. The predicted molar refractivity (Wildman–Crippen MR) is 86.2 cm³/mol. The molecule has 21 heavy (non-hydrogen) atoms. The molecule has 0 aliphatic heterocycles. The molecule has 1 aromatic heterocycles. The minimum Gasteiger partial charge on any atom is -0.292 e. The predicted octanol–water partition coefficient (Wildman–Crippen LogP) is 4.97. The molecule has 0 fully saturated rings. The van der Waals surface area contributed by atoms with Crippen LogP contribution in [-0.2, 0) is 6.42 Å². The van der Waals surface area contributed by atoms with Gasteiger partial charge in [-0.15, -0.1) is 0 Å². The number of pyridine rings is 1. The van der Waals surface area contributed by atoms with Gasteiger partial charge in [0.05, 0.1) is 5.52 Å². The smallest absolute Gasteiger partial charge is 0.185 e. The van der Waals surface area contributed by atoms with Gasteiger partial charge in [-0.25, -0.2) is 4.98 Å². The van der Waals surface area contributed by atoms with Gasteiger partial charge in [-0.05, 0) is 35.9 Å². The van der Waals surface area contributed by atoms with Gasteiger partial charge < -0.3 is 0 Å². The molecule has 0 unspecified atom stereocenters. The summed E-state index contributed by atoms with van der Waals surface area (Å²) < 4.78 is 0. The molecule has 3 rings (SSSR count). The molecule has 1 heterocycles. The zero-order valence-electron chi connectivity index (χ0n) is 11.0. The highest BCUT2D eigenvalue weighted by Crippen LogP contribution is 2.22. The van der Waals surface area contributed by atoms with Crippen molar-refractivity contribution in [2.45, 2.75) is 6.42 Å². The van der Waals surface area contributed by atoms with E-state index in [0.29, 0.717) is 21.3 Å². The van der Waals surface area contributed by atoms with Gasteiger partial charge in [0.2, 0.25) is 0 Å². The van der Waals surface area contributed by atoms with E-state index in [0.717, 1.165) is 10.9 Å². The van der Waals surface area contributed by atoms with Crippen molar-refractivity contribution in [2.75, 3.05) is 0 Å². The lowest BCUT2D eigenvalue weighted by molar-refractivity contribution is 0.0988. The quantitative estimate of drug-likeness (QED) is 0.639. The van der Waals surface area contributed by atoms with Crippen LogP contribution in [-0.4, -0.2) is 10.8 Å². The monoisotopic (exact) mass is 315 g/mol. The first kappa shape index (κ1) is 14.1. The second-order valence-corrected chi connectivity index (χ2v) is 5.57. The molecule has 3 aromatic rings. The van der Waals surface area contributed by atoms with Crippen molar-refractivity contribution in [3.8, 4) is 0 Å².